The summed E-state index contributed by atoms with van der Waals surface area (Å²) in [5, 5.41) is 4.87. The van der Waals surface area contributed by atoms with E-state index < -0.39 is 0 Å². The van der Waals surface area contributed by atoms with Crippen molar-refractivity contribution >= 4 is 23.2 Å². The first kappa shape index (κ1) is 20.3. The zero-order chi connectivity index (χ0) is 20.1. The summed E-state index contributed by atoms with van der Waals surface area (Å²) in [4.78, 5) is 24.6. The fraction of sp³-hybridized carbons (Fsp3) is 0.409. The fourth-order valence-corrected chi connectivity index (χ4v) is 3.32. The molecule has 0 fully saturated rings. The van der Waals surface area contributed by atoms with E-state index in [-0.39, 0.29) is 17.4 Å². The van der Waals surface area contributed by atoms with Gasteiger partial charge in [0.05, 0.1) is 12.3 Å². The lowest BCUT2D eigenvalue weighted by atomic mass is 9.91. The van der Waals surface area contributed by atoms with Crippen molar-refractivity contribution in [3.05, 3.63) is 64.9 Å². The molecule has 1 aliphatic rings. The highest BCUT2D eigenvalue weighted by Gasteiger charge is 2.29. The summed E-state index contributed by atoms with van der Waals surface area (Å²) in [6.07, 6.45) is 4.43. The third kappa shape index (κ3) is 5.55. The van der Waals surface area contributed by atoms with Crippen LogP contribution in [0, 0.1) is 5.41 Å². The van der Waals surface area contributed by atoms with Gasteiger partial charge in [-0.25, -0.2) is 0 Å². The third-order valence-corrected chi connectivity index (χ3v) is 4.87. The van der Waals surface area contributed by atoms with E-state index in [2.05, 4.69) is 30.9 Å². The highest BCUT2D eigenvalue weighted by atomic mass is 35.5. The number of oxime groups is 1. The molecule has 6 heteroatoms. The van der Waals surface area contributed by atoms with E-state index in [1.165, 1.54) is 0 Å². The maximum absolute atomic E-state index is 13.0. The smallest absolute Gasteiger partial charge is 0.223 e. The van der Waals surface area contributed by atoms with Crippen LogP contribution in [0.1, 0.15) is 44.7 Å². The number of benzene rings is 1. The van der Waals surface area contributed by atoms with Crippen molar-refractivity contribution in [3.63, 3.8) is 0 Å². The highest BCUT2D eigenvalue weighted by Crippen LogP contribution is 2.24. The van der Waals surface area contributed by atoms with E-state index in [9.17, 15) is 4.79 Å². The molecule has 28 heavy (non-hydrogen) atoms. The molecule has 5 nitrogen and oxygen atoms in total. The van der Waals surface area contributed by atoms with Crippen molar-refractivity contribution in [2.24, 2.45) is 10.6 Å². The Labute approximate surface area is 171 Å². The summed E-state index contributed by atoms with van der Waals surface area (Å²) in [6.45, 7) is 7.11. The van der Waals surface area contributed by atoms with E-state index >= 15 is 0 Å². The Balaban J connectivity index is 1.71. The molecule has 1 aliphatic heterocycles. The predicted molar refractivity (Wildman–Crippen MR) is 111 cm³/mol. The highest BCUT2D eigenvalue weighted by molar-refractivity contribution is 6.31. The molecule has 0 radical (unpaired) electrons. The number of pyridine rings is 1. The van der Waals surface area contributed by atoms with Crippen LogP contribution in [-0.2, 0) is 16.2 Å². The van der Waals surface area contributed by atoms with Crippen molar-refractivity contribution < 1.29 is 9.63 Å². The molecule has 2 aromatic rings. The second-order valence-corrected chi connectivity index (χ2v) is 8.72. The van der Waals surface area contributed by atoms with E-state index in [4.69, 9.17) is 16.4 Å². The lowest BCUT2D eigenvalue weighted by Gasteiger charge is -2.28. The second-order valence-electron chi connectivity index (χ2n) is 8.31. The molecule has 0 N–H and O–H groups in total. The maximum atomic E-state index is 13.0. The zero-order valence-electron chi connectivity index (χ0n) is 16.6. The number of nitrogens with zero attached hydrogens (tertiary/aromatic N) is 3. The van der Waals surface area contributed by atoms with Gasteiger partial charge in [-0.05, 0) is 29.2 Å². The third-order valence-electron chi connectivity index (χ3n) is 4.51. The number of amides is 1. The number of carbonyl (C=O) groups excluding carboxylic acids is 1. The standard InChI is InChI=1S/C22H26ClN3O2/c1-22(2,3)12-21(27)26(14-17-7-4-5-9-19(17)23)15-18-11-20(25-28-18)16-8-6-10-24-13-16/h4-10,13,18H,11-12,14-15H2,1-3H3/t18-/m0/s1. The van der Waals surface area contributed by atoms with Crippen LogP contribution in [0.5, 0.6) is 0 Å². The fourth-order valence-electron chi connectivity index (χ4n) is 3.13. The minimum Gasteiger partial charge on any atom is -0.390 e. The Morgan fingerprint density at radius 3 is 2.71 bits per heavy atom. The Morgan fingerprint density at radius 1 is 1.25 bits per heavy atom. The molecule has 0 bridgehead atoms. The largest absolute Gasteiger partial charge is 0.390 e. The van der Waals surface area contributed by atoms with E-state index in [1.807, 2.05) is 41.3 Å². The van der Waals surface area contributed by atoms with Crippen LogP contribution in [0.4, 0.5) is 0 Å². The van der Waals surface area contributed by atoms with Crippen molar-refractivity contribution in [2.75, 3.05) is 6.54 Å². The molecule has 0 aliphatic carbocycles. The SMILES string of the molecule is CC(C)(C)CC(=O)N(Cc1ccccc1Cl)C[C@@H]1CC(c2cccnc2)=NO1. The average Bonchev–Trinajstić information content (AvgIpc) is 3.11. The van der Waals surface area contributed by atoms with E-state index in [1.54, 1.807) is 12.4 Å². The molecule has 2 heterocycles. The average molecular weight is 400 g/mol. The van der Waals surface area contributed by atoms with Gasteiger partial charge in [0, 0.05) is 42.4 Å². The molecule has 148 valence electrons. The van der Waals surface area contributed by atoms with Gasteiger partial charge in [0.1, 0.15) is 0 Å². The van der Waals surface area contributed by atoms with Gasteiger partial charge in [-0.2, -0.15) is 0 Å². The molecular formula is C22H26ClN3O2. The van der Waals surface area contributed by atoms with Crippen LogP contribution in [0.3, 0.4) is 0 Å². The van der Waals surface area contributed by atoms with Crippen molar-refractivity contribution in [3.8, 4) is 0 Å². The zero-order valence-corrected chi connectivity index (χ0v) is 17.3. The summed E-state index contributed by atoms with van der Waals surface area (Å²) in [6, 6.07) is 11.5. The van der Waals surface area contributed by atoms with Crippen LogP contribution in [0.25, 0.3) is 0 Å². The summed E-state index contributed by atoms with van der Waals surface area (Å²) in [7, 11) is 0. The monoisotopic (exact) mass is 399 g/mol. The number of aromatic nitrogens is 1. The van der Waals surface area contributed by atoms with Crippen molar-refractivity contribution in [1.82, 2.24) is 9.88 Å². The van der Waals surface area contributed by atoms with Gasteiger partial charge in [0.2, 0.25) is 5.91 Å². The normalized spacial score (nSPS) is 16.4. The Kier molecular flexibility index (Phi) is 6.35. The van der Waals surface area contributed by atoms with Gasteiger partial charge in [0.15, 0.2) is 6.10 Å². The molecular weight excluding hydrogens is 374 g/mol. The Bertz CT molecular complexity index is 846. The summed E-state index contributed by atoms with van der Waals surface area (Å²) >= 11 is 6.33. The summed E-state index contributed by atoms with van der Waals surface area (Å²) < 4.78 is 0. The summed E-state index contributed by atoms with van der Waals surface area (Å²) in [5.41, 5.74) is 2.64. The van der Waals surface area contributed by atoms with Crippen molar-refractivity contribution in [2.45, 2.75) is 46.3 Å². The predicted octanol–water partition coefficient (Wildman–Crippen LogP) is 4.69. The lowest BCUT2D eigenvalue weighted by Crippen LogP contribution is -2.38. The van der Waals surface area contributed by atoms with Crippen LogP contribution in [-0.4, -0.2) is 34.2 Å². The number of hydrogen-bond donors (Lipinski definition) is 0. The number of hydrogen-bond acceptors (Lipinski definition) is 4. The molecule has 1 atom stereocenters. The molecule has 0 saturated heterocycles. The van der Waals surface area contributed by atoms with Gasteiger partial charge in [-0.15, -0.1) is 0 Å². The van der Waals surface area contributed by atoms with Crippen LogP contribution in [0.2, 0.25) is 5.02 Å². The quantitative estimate of drug-likeness (QED) is 0.707. The van der Waals surface area contributed by atoms with Gasteiger partial charge in [-0.1, -0.05) is 55.7 Å². The first-order chi connectivity index (χ1) is 13.3. The molecule has 0 unspecified atom stereocenters. The topological polar surface area (TPSA) is 54.8 Å². The number of carbonyl (C=O) groups is 1. The van der Waals surface area contributed by atoms with E-state index in [0.717, 1.165) is 16.8 Å². The molecule has 0 spiro atoms. The minimum absolute atomic E-state index is 0.0887. The van der Waals surface area contributed by atoms with Crippen molar-refractivity contribution in [1.29, 1.82) is 0 Å². The molecule has 1 aromatic heterocycles. The van der Waals surface area contributed by atoms with Crippen LogP contribution >= 0.6 is 11.6 Å². The Hall–Kier alpha value is -2.40. The number of halogens is 1. The Morgan fingerprint density at radius 2 is 2.04 bits per heavy atom. The first-order valence-corrected chi connectivity index (χ1v) is 9.84. The number of rotatable bonds is 6. The van der Waals surface area contributed by atoms with Gasteiger partial charge in [-0.3, -0.25) is 9.78 Å². The summed E-state index contributed by atoms with van der Waals surface area (Å²) in [5.74, 6) is 0.0887. The molecule has 3 rings (SSSR count). The van der Waals surface area contributed by atoms with E-state index in [0.29, 0.717) is 31.0 Å². The second kappa shape index (κ2) is 8.74. The molecule has 0 saturated carbocycles. The molecule has 1 aromatic carbocycles. The lowest BCUT2D eigenvalue weighted by molar-refractivity contribution is -0.135. The minimum atomic E-state index is -0.179. The van der Waals surface area contributed by atoms with Gasteiger partial charge >= 0.3 is 0 Å². The van der Waals surface area contributed by atoms with Gasteiger partial charge < -0.3 is 9.74 Å². The van der Waals surface area contributed by atoms with Crippen LogP contribution in [0.15, 0.2) is 53.9 Å². The first-order valence-electron chi connectivity index (χ1n) is 9.46. The van der Waals surface area contributed by atoms with Crippen LogP contribution < -0.4 is 0 Å². The maximum Gasteiger partial charge on any atom is 0.223 e. The molecule has 1 amide bonds. The van der Waals surface area contributed by atoms with Gasteiger partial charge in [0.25, 0.3) is 0 Å².